The largest absolute Gasteiger partial charge is 0.484 e. The Hall–Kier alpha value is -2.38. The second-order valence-corrected chi connectivity index (χ2v) is 8.15. The van der Waals surface area contributed by atoms with E-state index in [0.29, 0.717) is 28.4 Å². The van der Waals surface area contributed by atoms with Crippen molar-refractivity contribution in [3.05, 3.63) is 46.1 Å². The number of amides is 1. The molecule has 1 N–H and O–H groups in total. The normalized spacial score (nSPS) is 14.0. The summed E-state index contributed by atoms with van der Waals surface area (Å²) in [5, 5.41) is 7.57. The second-order valence-electron chi connectivity index (χ2n) is 6.46. The average molecular weight is 404 g/mol. The number of anilines is 1. The molecule has 4 rings (SSSR count). The Labute approximate surface area is 165 Å². The molecule has 0 atom stereocenters. The summed E-state index contributed by atoms with van der Waals surface area (Å²) in [5.74, 6) is 2.04. The van der Waals surface area contributed by atoms with Crippen molar-refractivity contribution >= 4 is 34.5 Å². The molecular formula is C19H18ClN3O3S. The summed E-state index contributed by atoms with van der Waals surface area (Å²) >= 11 is 7.35. The summed E-state index contributed by atoms with van der Waals surface area (Å²) in [4.78, 5) is 18.5. The van der Waals surface area contributed by atoms with Gasteiger partial charge < -0.3 is 14.6 Å². The first-order valence-corrected chi connectivity index (χ1v) is 9.90. The van der Waals surface area contributed by atoms with Crippen molar-refractivity contribution in [3.63, 3.8) is 0 Å². The summed E-state index contributed by atoms with van der Waals surface area (Å²) in [6, 6.07) is 8.74. The molecule has 27 heavy (non-hydrogen) atoms. The zero-order chi connectivity index (χ0) is 18.8. The van der Waals surface area contributed by atoms with Gasteiger partial charge in [-0.3, -0.25) is 4.79 Å². The van der Waals surface area contributed by atoms with E-state index in [-0.39, 0.29) is 12.5 Å². The van der Waals surface area contributed by atoms with Gasteiger partial charge in [-0.2, -0.15) is 4.98 Å². The maximum Gasteiger partial charge on any atom is 0.262 e. The van der Waals surface area contributed by atoms with Gasteiger partial charge in [0.25, 0.3) is 5.91 Å². The van der Waals surface area contributed by atoms with Crippen molar-refractivity contribution < 1.29 is 14.1 Å². The number of nitrogens with zero attached hydrogens (tertiary/aromatic N) is 2. The Morgan fingerprint density at radius 3 is 2.85 bits per heavy atom. The minimum absolute atomic E-state index is 0.0830. The number of nitrogens with one attached hydrogen (secondary N) is 1. The molecule has 3 aromatic rings. The minimum atomic E-state index is -0.235. The van der Waals surface area contributed by atoms with Crippen LogP contribution in [0, 0.1) is 6.92 Å². The summed E-state index contributed by atoms with van der Waals surface area (Å²) < 4.78 is 10.8. The van der Waals surface area contributed by atoms with E-state index in [1.807, 2.05) is 13.0 Å². The van der Waals surface area contributed by atoms with Crippen LogP contribution in [0.2, 0.25) is 5.02 Å². The number of aryl methyl sites for hydroxylation is 1. The lowest BCUT2D eigenvalue weighted by atomic mass is 9.85. The molecule has 0 unspecified atom stereocenters. The van der Waals surface area contributed by atoms with E-state index in [1.165, 1.54) is 17.8 Å². The van der Waals surface area contributed by atoms with E-state index in [9.17, 15) is 4.79 Å². The maximum atomic E-state index is 12.2. The van der Waals surface area contributed by atoms with E-state index in [2.05, 4.69) is 15.5 Å². The van der Waals surface area contributed by atoms with Crippen LogP contribution in [0.1, 0.15) is 35.9 Å². The number of halogens is 1. The van der Waals surface area contributed by atoms with Crippen molar-refractivity contribution in [2.75, 3.05) is 11.9 Å². The molecule has 1 fully saturated rings. The molecule has 1 saturated carbocycles. The highest BCUT2D eigenvalue weighted by Crippen LogP contribution is 2.38. The van der Waals surface area contributed by atoms with Gasteiger partial charge in [-0.05, 0) is 50.1 Å². The highest BCUT2D eigenvalue weighted by atomic mass is 35.5. The number of carbonyl (C=O) groups is 1. The lowest BCUT2D eigenvalue weighted by Crippen LogP contribution is -2.20. The van der Waals surface area contributed by atoms with E-state index in [4.69, 9.17) is 20.9 Å². The number of hydrogen-bond donors (Lipinski definition) is 1. The summed E-state index contributed by atoms with van der Waals surface area (Å²) in [6.07, 6.45) is 3.44. The van der Waals surface area contributed by atoms with Gasteiger partial charge in [-0.15, -0.1) is 11.3 Å². The molecule has 2 aromatic heterocycles. The van der Waals surface area contributed by atoms with Crippen LogP contribution < -0.4 is 10.1 Å². The van der Waals surface area contributed by atoms with Gasteiger partial charge in [-0.1, -0.05) is 23.2 Å². The minimum Gasteiger partial charge on any atom is -0.484 e. The fourth-order valence-electron chi connectivity index (χ4n) is 2.74. The van der Waals surface area contributed by atoms with Gasteiger partial charge in [-0.25, -0.2) is 0 Å². The number of rotatable bonds is 6. The molecule has 0 aliphatic heterocycles. The third-order valence-electron chi connectivity index (χ3n) is 4.49. The predicted octanol–water partition coefficient (Wildman–Crippen LogP) is 5.04. The zero-order valence-electron chi connectivity index (χ0n) is 14.7. The first-order chi connectivity index (χ1) is 13.1. The van der Waals surface area contributed by atoms with E-state index in [1.54, 1.807) is 24.3 Å². The Morgan fingerprint density at radius 2 is 2.15 bits per heavy atom. The molecule has 1 aliphatic carbocycles. The van der Waals surface area contributed by atoms with Crippen LogP contribution in [0.5, 0.6) is 5.75 Å². The monoisotopic (exact) mass is 403 g/mol. The van der Waals surface area contributed by atoms with Gasteiger partial charge in [0.2, 0.25) is 11.7 Å². The van der Waals surface area contributed by atoms with E-state index >= 15 is 0 Å². The number of aromatic nitrogens is 2. The maximum absolute atomic E-state index is 12.2. The highest BCUT2D eigenvalue weighted by Gasteiger charge is 2.26. The number of carbonyl (C=O) groups excluding carboxylic acids is 1. The SMILES string of the molecule is Cc1sc(-c2noc(C3CCC3)n2)cc1NC(=O)COc1ccc(Cl)cc1. The van der Waals surface area contributed by atoms with E-state index < -0.39 is 0 Å². The second kappa shape index (κ2) is 7.70. The van der Waals surface area contributed by atoms with Crippen LogP contribution in [0.25, 0.3) is 10.7 Å². The topological polar surface area (TPSA) is 77.3 Å². The Bertz CT molecular complexity index is 948. The van der Waals surface area contributed by atoms with Crippen molar-refractivity contribution in [2.45, 2.75) is 32.1 Å². The summed E-state index contributed by atoms with van der Waals surface area (Å²) in [5.41, 5.74) is 0.731. The lowest BCUT2D eigenvalue weighted by Gasteiger charge is -2.20. The van der Waals surface area contributed by atoms with Crippen LogP contribution >= 0.6 is 22.9 Å². The van der Waals surface area contributed by atoms with Crippen molar-refractivity contribution in [3.8, 4) is 16.5 Å². The molecule has 8 heteroatoms. The number of ether oxygens (including phenoxy) is 1. The fourth-order valence-corrected chi connectivity index (χ4v) is 3.77. The molecule has 140 valence electrons. The molecule has 1 amide bonds. The molecule has 1 aliphatic rings. The van der Waals surface area contributed by atoms with Gasteiger partial charge >= 0.3 is 0 Å². The lowest BCUT2D eigenvalue weighted by molar-refractivity contribution is -0.118. The van der Waals surface area contributed by atoms with Crippen molar-refractivity contribution in [1.29, 1.82) is 0 Å². The molecule has 6 nitrogen and oxygen atoms in total. The molecular weight excluding hydrogens is 386 g/mol. The predicted molar refractivity (Wildman–Crippen MR) is 105 cm³/mol. The first-order valence-electron chi connectivity index (χ1n) is 8.71. The zero-order valence-corrected chi connectivity index (χ0v) is 16.3. The number of thiophene rings is 1. The molecule has 0 saturated heterocycles. The Balaban J connectivity index is 1.38. The number of hydrogen-bond acceptors (Lipinski definition) is 6. The molecule has 0 bridgehead atoms. The smallest absolute Gasteiger partial charge is 0.262 e. The van der Waals surface area contributed by atoms with E-state index in [0.717, 1.165) is 28.3 Å². The van der Waals surface area contributed by atoms with Crippen LogP contribution in [-0.4, -0.2) is 22.7 Å². The molecule has 0 spiro atoms. The number of benzene rings is 1. The average Bonchev–Trinajstić information content (AvgIpc) is 3.20. The first kappa shape index (κ1) is 18.0. The van der Waals surface area contributed by atoms with Gasteiger partial charge in [0, 0.05) is 15.8 Å². The third kappa shape index (κ3) is 4.14. The Kier molecular flexibility index (Phi) is 5.13. The summed E-state index contributed by atoms with van der Waals surface area (Å²) in [6.45, 7) is 1.86. The molecule has 2 heterocycles. The van der Waals surface area contributed by atoms with Crippen LogP contribution in [-0.2, 0) is 4.79 Å². The standard InChI is InChI=1S/C19H18ClN3O3S/c1-11-15(21-17(24)10-25-14-7-5-13(20)6-8-14)9-16(27-11)18-22-19(26-23-18)12-3-2-4-12/h5-9,12H,2-4,10H2,1H3,(H,21,24). The van der Waals surface area contributed by atoms with Gasteiger partial charge in [0.05, 0.1) is 10.6 Å². The Morgan fingerprint density at radius 1 is 1.37 bits per heavy atom. The van der Waals surface area contributed by atoms with Crippen LogP contribution in [0.15, 0.2) is 34.9 Å². The van der Waals surface area contributed by atoms with Crippen molar-refractivity contribution in [2.24, 2.45) is 0 Å². The van der Waals surface area contributed by atoms with Gasteiger partial charge in [0.15, 0.2) is 6.61 Å². The summed E-state index contributed by atoms with van der Waals surface area (Å²) in [7, 11) is 0. The molecule has 0 radical (unpaired) electrons. The van der Waals surface area contributed by atoms with Crippen LogP contribution in [0.3, 0.4) is 0 Å². The third-order valence-corrected chi connectivity index (χ3v) is 5.79. The van der Waals surface area contributed by atoms with Gasteiger partial charge in [0.1, 0.15) is 5.75 Å². The highest BCUT2D eigenvalue weighted by molar-refractivity contribution is 7.16. The van der Waals surface area contributed by atoms with Crippen molar-refractivity contribution in [1.82, 2.24) is 10.1 Å². The fraction of sp³-hybridized carbons (Fsp3) is 0.316. The molecule has 1 aromatic carbocycles. The van der Waals surface area contributed by atoms with Crippen LogP contribution in [0.4, 0.5) is 5.69 Å². The quantitative estimate of drug-likeness (QED) is 0.623.